The third-order valence-corrected chi connectivity index (χ3v) is 6.15. The topological polar surface area (TPSA) is 102 Å². The lowest BCUT2D eigenvalue weighted by molar-refractivity contribution is -0.129. The van der Waals surface area contributed by atoms with E-state index in [1.807, 2.05) is 32.8 Å². The summed E-state index contributed by atoms with van der Waals surface area (Å²) in [6, 6.07) is 11.3. The van der Waals surface area contributed by atoms with Crippen LogP contribution >= 0.6 is 0 Å². The molecule has 0 radical (unpaired) electrons. The Balaban J connectivity index is 1.81. The average molecular weight is 509 g/mol. The van der Waals surface area contributed by atoms with Gasteiger partial charge in [-0.3, -0.25) is 9.59 Å². The molecule has 0 saturated heterocycles. The van der Waals surface area contributed by atoms with E-state index in [4.69, 9.17) is 18.6 Å². The van der Waals surface area contributed by atoms with E-state index in [0.717, 1.165) is 0 Å². The van der Waals surface area contributed by atoms with E-state index in [1.165, 1.54) is 19.1 Å². The summed E-state index contributed by atoms with van der Waals surface area (Å²) in [7, 11) is 6.81. The van der Waals surface area contributed by atoms with Crippen molar-refractivity contribution in [2.45, 2.75) is 26.0 Å². The van der Waals surface area contributed by atoms with E-state index in [1.54, 1.807) is 42.5 Å². The Labute approximate surface area is 215 Å². The first kappa shape index (κ1) is 26.1. The number of hydrogen-bond acceptors (Lipinski definition) is 8. The van der Waals surface area contributed by atoms with Gasteiger partial charge in [0.1, 0.15) is 0 Å². The Morgan fingerprint density at radius 2 is 1.81 bits per heavy atom. The van der Waals surface area contributed by atoms with Crippen LogP contribution in [0.3, 0.4) is 0 Å². The number of fused-ring (bicyclic) bond motifs is 1. The molecule has 1 unspecified atom stereocenters. The Bertz CT molecular complexity index is 1360. The van der Waals surface area contributed by atoms with Crippen molar-refractivity contribution >= 4 is 22.7 Å². The Morgan fingerprint density at radius 3 is 2.46 bits per heavy atom. The van der Waals surface area contributed by atoms with Crippen LogP contribution in [0, 0.1) is 0 Å². The summed E-state index contributed by atoms with van der Waals surface area (Å²) < 4.78 is 22.6. The van der Waals surface area contributed by atoms with Crippen LogP contribution in [0.5, 0.6) is 17.2 Å². The standard InChI is InChI=1S/C28H32N2O7/c1-16(2)36-19-11-10-17(14-21(19)35-6)24-23(26(32)28(33)30(24)13-12-29(3)4)25(31)22-15-18-8-7-9-20(34-5)27(18)37-22/h7-11,14-16,24,32H,12-13H2,1-6H3. The molecule has 9 heteroatoms. The fourth-order valence-corrected chi connectivity index (χ4v) is 4.42. The second-order valence-corrected chi connectivity index (χ2v) is 9.36. The maximum absolute atomic E-state index is 13.8. The third-order valence-electron chi connectivity index (χ3n) is 6.15. The van der Waals surface area contributed by atoms with Gasteiger partial charge in [0.15, 0.2) is 34.4 Å². The number of amides is 1. The van der Waals surface area contributed by atoms with Gasteiger partial charge in [0.25, 0.3) is 5.91 Å². The molecule has 0 fully saturated rings. The van der Waals surface area contributed by atoms with Crippen LogP contribution in [-0.2, 0) is 4.79 Å². The Morgan fingerprint density at radius 1 is 1.08 bits per heavy atom. The third kappa shape index (κ3) is 4.99. The Hall–Kier alpha value is -3.98. The first-order valence-electron chi connectivity index (χ1n) is 12.0. The van der Waals surface area contributed by atoms with Crippen molar-refractivity contribution in [2.75, 3.05) is 41.4 Å². The minimum atomic E-state index is -0.850. The number of hydrogen-bond donors (Lipinski definition) is 1. The zero-order chi connectivity index (χ0) is 26.9. The van der Waals surface area contributed by atoms with Crippen LogP contribution in [0.25, 0.3) is 11.0 Å². The molecule has 1 N–H and O–H groups in total. The molecule has 196 valence electrons. The van der Waals surface area contributed by atoms with Gasteiger partial charge in [-0.1, -0.05) is 18.2 Å². The quantitative estimate of drug-likeness (QED) is 0.403. The SMILES string of the molecule is COc1cc(C2C(C(=O)c3cc4cccc(OC)c4o3)=C(O)C(=O)N2CCN(C)C)ccc1OC(C)C. The van der Waals surface area contributed by atoms with Crippen molar-refractivity contribution < 1.29 is 33.3 Å². The molecule has 0 saturated carbocycles. The number of para-hydroxylation sites is 1. The second kappa shape index (κ2) is 10.6. The number of likely N-dealkylation sites (N-methyl/N-ethyl adjacent to an activating group) is 1. The van der Waals surface area contributed by atoms with Gasteiger partial charge in [0, 0.05) is 18.5 Å². The summed E-state index contributed by atoms with van der Waals surface area (Å²) in [5, 5.41) is 11.6. The molecule has 1 aliphatic heterocycles. The van der Waals surface area contributed by atoms with Gasteiger partial charge < -0.3 is 33.5 Å². The van der Waals surface area contributed by atoms with E-state index < -0.39 is 23.5 Å². The molecule has 4 rings (SSSR count). The van der Waals surface area contributed by atoms with Crippen LogP contribution in [0.15, 0.2) is 58.2 Å². The summed E-state index contributed by atoms with van der Waals surface area (Å²) in [6.07, 6.45) is -0.0736. The van der Waals surface area contributed by atoms with E-state index in [9.17, 15) is 14.7 Å². The molecule has 1 aromatic heterocycles. The number of methoxy groups -OCH3 is 2. The molecule has 2 aromatic carbocycles. The van der Waals surface area contributed by atoms with E-state index in [0.29, 0.717) is 40.3 Å². The zero-order valence-electron chi connectivity index (χ0n) is 21.9. The molecule has 1 amide bonds. The predicted octanol–water partition coefficient (Wildman–Crippen LogP) is 4.38. The highest BCUT2D eigenvalue weighted by Gasteiger charge is 2.44. The highest BCUT2D eigenvalue weighted by Crippen LogP contribution is 2.42. The average Bonchev–Trinajstić information content (AvgIpc) is 3.41. The number of ketones is 1. The summed E-state index contributed by atoms with van der Waals surface area (Å²) >= 11 is 0. The number of furan rings is 1. The number of aliphatic hydroxyl groups excluding tert-OH is 1. The van der Waals surface area contributed by atoms with E-state index in [-0.39, 0.29) is 24.0 Å². The van der Waals surface area contributed by atoms with Crippen LogP contribution in [-0.4, -0.2) is 74.1 Å². The van der Waals surface area contributed by atoms with Gasteiger partial charge in [-0.2, -0.15) is 0 Å². The maximum Gasteiger partial charge on any atom is 0.290 e. The first-order chi connectivity index (χ1) is 17.7. The molecule has 0 bridgehead atoms. The fourth-order valence-electron chi connectivity index (χ4n) is 4.42. The molecule has 2 heterocycles. The van der Waals surface area contributed by atoms with Gasteiger partial charge in [-0.25, -0.2) is 0 Å². The number of rotatable bonds is 10. The smallest absolute Gasteiger partial charge is 0.290 e. The van der Waals surface area contributed by atoms with Crippen molar-refractivity contribution in [3.8, 4) is 17.2 Å². The summed E-state index contributed by atoms with van der Waals surface area (Å²) in [5.41, 5.74) is 0.957. The van der Waals surface area contributed by atoms with Crippen molar-refractivity contribution in [1.82, 2.24) is 9.80 Å². The highest BCUT2D eigenvalue weighted by atomic mass is 16.5. The van der Waals surface area contributed by atoms with Crippen LogP contribution in [0.4, 0.5) is 0 Å². The van der Waals surface area contributed by atoms with Gasteiger partial charge in [-0.15, -0.1) is 0 Å². The number of ether oxygens (including phenoxy) is 3. The minimum Gasteiger partial charge on any atom is -0.503 e. The summed E-state index contributed by atoms with van der Waals surface area (Å²) in [5.74, 6) is -0.323. The molecule has 37 heavy (non-hydrogen) atoms. The molecular weight excluding hydrogens is 476 g/mol. The maximum atomic E-state index is 13.8. The molecule has 3 aromatic rings. The molecule has 0 spiro atoms. The number of nitrogens with zero attached hydrogens (tertiary/aromatic N) is 2. The molecule has 1 aliphatic rings. The van der Waals surface area contributed by atoms with E-state index in [2.05, 4.69) is 0 Å². The molecule has 0 aliphatic carbocycles. The van der Waals surface area contributed by atoms with Crippen LogP contribution < -0.4 is 14.2 Å². The molecule has 9 nitrogen and oxygen atoms in total. The lowest BCUT2D eigenvalue weighted by atomic mass is 9.94. The number of benzene rings is 2. The number of carbonyl (C=O) groups excluding carboxylic acids is 2. The van der Waals surface area contributed by atoms with Crippen LogP contribution in [0.2, 0.25) is 0 Å². The van der Waals surface area contributed by atoms with E-state index >= 15 is 0 Å². The number of aliphatic hydroxyl groups is 1. The van der Waals surface area contributed by atoms with Crippen molar-refractivity contribution in [1.29, 1.82) is 0 Å². The monoisotopic (exact) mass is 508 g/mol. The fraction of sp³-hybridized carbons (Fsp3) is 0.357. The lowest BCUT2D eigenvalue weighted by Crippen LogP contribution is -2.36. The lowest BCUT2D eigenvalue weighted by Gasteiger charge is -2.28. The predicted molar refractivity (Wildman–Crippen MR) is 139 cm³/mol. The van der Waals surface area contributed by atoms with Crippen molar-refractivity contribution in [3.05, 3.63) is 65.1 Å². The number of carbonyl (C=O) groups is 2. The second-order valence-electron chi connectivity index (χ2n) is 9.36. The van der Waals surface area contributed by atoms with Crippen molar-refractivity contribution in [2.24, 2.45) is 0 Å². The Kier molecular flexibility index (Phi) is 7.45. The van der Waals surface area contributed by atoms with Gasteiger partial charge in [0.05, 0.1) is 31.9 Å². The van der Waals surface area contributed by atoms with Gasteiger partial charge in [-0.05, 0) is 57.8 Å². The largest absolute Gasteiger partial charge is 0.503 e. The van der Waals surface area contributed by atoms with Gasteiger partial charge >= 0.3 is 0 Å². The summed E-state index contributed by atoms with van der Waals surface area (Å²) in [4.78, 5) is 30.4. The molecular formula is C28H32N2O7. The number of Topliss-reactive ketones (excluding diaryl/α,β-unsaturated/α-hetero) is 1. The molecule has 1 atom stereocenters. The van der Waals surface area contributed by atoms with Gasteiger partial charge in [0.2, 0.25) is 5.78 Å². The zero-order valence-corrected chi connectivity index (χ0v) is 21.9. The first-order valence-corrected chi connectivity index (χ1v) is 12.0. The minimum absolute atomic E-state index is 0.0000332. The summed E-state index contributed by atoms with van der Waals surface area (Å²) in [6.45, 7) is 4.64. The highest BCUT2D eigenvalue weighted by molar-refractivity contribution is 6.16. The van der Waals surface area contributed by atoms with Crippen molar-refractivity contribution in [3.63, 3.8) is 0 Å². The normalized spacial score (nSPS) is 15.8. The van der Waals surface area contributed by atoms with Crippen LogP contribution in [0.1, 0.15) is 36.0 Å².